The summed E-state index contributed by atoms with van der Waals surface area (Å²) in [5.74, 6) is 0.967. The molecule has 5 heteroatoms. The van der Waals surface area contributed by atoms with Crippen LogP contribution in [0.25, 0.3) is 11.3 Å². The molecular weight excluding hydrogens is 194 g/mol. The average Bonchev–Trinajstić information content (AvgIpc) is 2.64. The Bertz CT molecular complexity index is 479. The largest absolute Gasteiger partial charge is 0.496 e. The molecular formula is C10H11N3O2. The summed E-state index contributed by atoms with van der Waals surface area (Å²) in [5.41, 5.74) is 8.00. The summed E-state index contributed by atoms with van der Waals surface area (Å²) in [7, 11) is 1.60. The lowest BCUT2D eigenvalue weighted by atomic mass is 10.1. The summed E-state index contributed by atoms with van der Waals surface area (Å²) in [5, 5.41) is 7.26. The molecule has 0 aliphatic rings. The summed E-state index contributed by atoms with van der Waals surface area (Å²) in [4.78, 5) is 0. The van der Waals surface area contributed by atoms with Gasteiger partial charge in [0.2, 0.25) is 0 Å². The Kier molecular flexibility index (Phi) is 2.29. The molecule has 0 bridgehead atoms. The summed E-state index contributed by atoms with van der Waals surface area (Å²) in [6.45, 7) is 1.98. The van der Waals surface area contributed by atoms with Gasteiger partial charge in [0.05, 0.1) is 7.11 Å². The summed E-state index contributed by atoms with van der Waals surface area (Å²) >= 11 is 0. The van der Waals surface area contributed by atoms with E-state index in [1.807, 2.05) is 25.1 Å². The zero-order valence-electron chi connectivity index (χ0n) is 8.52. The minimum absolute atomic E-state index is 0.261. The molecule has 2 rings (SSSR count). The van der Waals surface area contributed by atoms with E-state index >= 15 is 0 Å². The summed E-state index contributed by atoms with van der Waals surface area (Å²) in [6.07, 6.45) is 0. The number of hydrogen-bond donors (Lipinski definition) is 1. The molecule has 0 radical (unpaired) electrons. The minimum Gasteiger partial charge on any atom is -0.496 e. The van der Waals surface area contributed by atoms with Crippen molar-refractivity contribution >= 4 is 5.82 Å². The van der Waals surface area contributed by atoms with Gasteiger partial charge >= 0.3 is 0 Å². The highest BCUT2D eigenvalue weighted by atomic mass is 16.6. The Morgan fingerprint density at radius 3 is 2.73 bits per heavy atom. The van der Waals surface area contributed by atoms with Gasteiger partial charge in [-0.05, 0) is 34.9 Å². The fourth-order valence-corrected chi connectivity index (χ4v) is 1.38. The molecule has 0 saturated heterocycles. The lowest BCUT2D eigenvalue weighted by Gasteiger charge is -2.06. The molecule has 2 N–H and O–H groups in total. The number of anilines is 1. The van der Waals surface area contributed by atoms with Crippen LogP contribution in [0.4, 0.5) is 5.82 Å². The van der Waals surface area contributed by atoms with Crippen molar-refractivity contribution in [2.45, 2.75) is 6.92 Å². The van der Waals surface area contributed by atoms with Crippen molar-refractivity contribution in [3.8, 4) is 17.0 Å². The molecule has 1 heterocycles. The van der Waals surface area contributed by atoms with E-state index in [0.29, 0.717) is 11.4 Å². The van der Waals surface area contributed by atoms with E-state index < -0.39 is 0 Å². The molecule has 0 amide bonds. The van der Waals surface area contributed by atoms with E-state index in [2.05, 4.69) is 14.9 Å². The predicted octanol–water partition coefficient (Wildman–Crippen LogP) is 1.64. The molecule has 78 valence electrons. The highest BCUT2D eigenvalue weighted by molar-refractivity contribution is 5.74. The SMILES string of the molecule is COc1cc(C)ccc1-c1nonc1N. The van der Waals surface area contributed by atoms with E-state index in [9.17, 15) is 0 Å². The number of nitrogens with two attached hydrogens (primary N) is 1. The summed E-state index contributed by atoms with van der Waals surface area (Å²) < 4.78 is 9.79. The third-order valence-corrected chi connectivity index (χ3v) is 2.13. The van der Waals surface area contributed by atoms with Crippen LogP contribution in [0.5, 0.6) is 5.75 Å². The van der Waals surface area contributed by atoms with Crippen molar-refractivity contribution in [3.63, 3.8) is 0 Å². The first kappa shape index (κ1) is 9.51. The van der Waals surface area contributed by atoms with Gasteiger partial charge in [-0.1, -0.05) is 6.07 Å². The van der Waals surface area contributed by atoms with Crippen LogP contribution in [0.1, 0.15) is 5.56 Å². The predicted molar refractivity (Wildman–Crippen MR) is 55.4 cm³/mol. The van der Waals surface area contributed by atoms with Crippen LogP contribution >= 0.6 is 0 Å². The molecule has 15 heavy (non-hydrogen) atoms. The number of hydrogen-bond acceptors (Lipinski definition) is 5. The first-order chi connectivity index (χ1) is 7.22. The van der Waals surface area contributed by atoms with E-state index in [0.717, 1.165) is 11.1 Å². The van der Waals surface area contributed by atoms with Crippen LogP contribution < -0.4 is 10.5 Å². The number of nitrogens with zero attached hydrogens (tertiary/aromatic N) is 2. The Morgan fingerprint density at radius 1 is 1.33 bits per heavy atom. The normalized spacial score (nSPS) is 10.3. The quantitative estimate of drug-likeness (QED) is 0.806. The van der Waals surface area contributed by atoms with Crippen molar-refractivity contribution in [2.75, 3.05) is 12.8 Å². The fraction of sp³-hybridized carbons (Fsp3) is 0.200. The lowest BCUT2D eigenvalue weighted by Crippen LogP contribution is -1.92. The Balaban J connectivity index is 2.58. The molecule has 0 saturated carbocycles. The second kappa shape index (κ2) is 3.61. The third kappa shape index (κ3) is 1.63. The molecule has 0 atom stereocenters. The molecule has 2 aromatic rings. The Morgan fingerprint density at radius 2 is 2.13 bits per heavy atom. The number of nitrogen functional groups attached to an aromatic ring is 1. The molecule has 1 aromatic carbocycles. The van der Waals surface area contributed by atoms with E-state index in [1.165, 1.54) is 0 Å². The van der Waals surface area contributed by atoms with Crippen LogP contribution in [0, 0.1) is 6.92 Å². The molecule has 0 unspecified atom stereocenters. The van der Waals surface area contributed by atoms with Gasteiger partial charge in [-0.25, -0.2) is 4.63 Å². The van der Waals surface area contributed by atoms with E-state index in [4.69, 9.17) is 10.5 Å². The van der Waals surface area contributed by atoms with Crippen LogP contribution in [-0.4, -0.2) is 17.4 Å². The molecule has 0 spiro atoms. The van der Waals surface area contributed by atoms with Gasteiger partial charge in [0.25, 0.3) is 0 Å². The average molecular weight is 205 g/mol. The van der Waals surface area contributed by atoms with E-state index in [-0.39, 0.29) is 5.82 Å². The number of aromatic nitrogens is 2. The van der Waals surface area contributed by atoms with Gasteiger partial charge in [0.15, 0.2) is 11.5 Å². The number of aryl methyl sites for hydroxylation is 1. The maximum absolute atomic E-state index is 5.61. The number of rotatable bonds is 2. The van der Waals surface area contributed by atoms with Gasteiger partial charge in [0.1, 0.15) is 5.75 Å². The Hall–Kier alpha value is -2.04. The zero-order valence-corrected chi connectivity index (χ0v) is 8.52. The van der Waals surface area contributed by atoms with Crippen LogP contribution in [0.15, 0.2) is 22.8 Å². The molecule has 1 aromatic heterocycles. The van der Waals surface area contributed by atoms with Crippen molar-refractivity contribution in [1.29, 1.82) is 0 Å². The van der Waals surface area contributed by atoms with Gasteiger partial charge in [-0.2, -0.15) is 0 Å². The smallest absolute Gasteiger partial charge is 0.196 e. The van der Waals surface area contributed by atoms with Gasteiger partial charge in [-0.3, -0.25) is 0 Å². The second-order valence-electron chi connectivity index (χ2n) is 3.20. The zero-order chi connectivity index (χ0) is 10.8. The number of methoxy groups -OCH3 is 1. The fourth-order valence-electron chi connectivity index (χ4n) is 1.38. The number of ether oxygens (including phenoxy) is 1. The van der Waals surface area contributed by atoms with Crippen LogP contribution in [0.2, 0.25) is 0 Å². The van der Waals surface area contributed by atoms with Crippen molar-refractivity contribution < 1.29 is 9.37 Å². The van der Waals surface area contributed by atoms with Gasteiger partial charge in [-0.15, -0.1) is 0 Å². The van der Waals surface area contributed by atoms with Crippen molar-refractivity contribution in [1.82, 2.24) is 10.3 Å². The monoisotopic (exact) mass is 205 g/mol. The van der Waals surface area contributed by atoms with E-state index in [1.54, 1.807) is 7.11 Å². The molecule has 0 fully saturated rings. The topological polar surface area (TPSA) is 74.2 Å². The standard InChI is InChI=1S/C10H11N3O2/c1-6-3-4-7(8(5-6)14-2)9-10(11)13-15-12-9/h3-5H,1-2H3,(H2,11,13). The Labute approximate surface area is 86.8 Å². The lowest BCUT2D eigenvalue weighted by molar-refractivity contribution is 0.310. The van der Waals surface area contributed by atoms with Crippen LogP contribution in [0.3, 0.4) is 0 Å². The highest BCUT2D eigenvalue weighted by Gasteiger charge is 2.13. The summed E-state index contributed by atoms with van der Waals surface area (Å²) in [6, 6.07) is 5.74. The maximum Gasteiger partial charge on any atom is 0.196 e. The van der Waals surface area contributed by atoms with Gasteiger partial charge in [0, 0.05) is 5.56 Å². The second-order valence-corrected chi connectivity index (χ2v) is 3.20. The molecule has 0 aliphatic heterocycles. The molecule has 5 nitrogen and oxygen atoms in total. The first-order valence-electron chi connectivity index (χ1n) is 4.45. The van der Waals surface area contributed by atoms with Crippen molar-refractivity contribution in [2.24, 2.45) is 0 Å². The first-order valence-corrected chi connectivity index (χ1v) is 4.45. The van der Waals surface area contributed by atoms with Gasteiger partial charge < -0.3 is 10.5 Å². The van der Waals surface area contributed by atoms with Crippen molar-refractivity contribution in [3.05, 3.63) is 23.8 Å². The molecule has 0 aliphatic carbocycles. The third-order valence-electron chi connectivity index (χ3n) is 2.13. The minimum atomic E-state index is 0.261. The van der Waals surface area contributed by atoms with Crippen LogP contribution in [-0.2, 0) is 0 Å². The highest BCUT2D eigenvalue weighted by Crippen LogP contribution is 2.31. The maximum atomic E-state index is 5.61. The number of benzene rings is 1.